The first kappa shape index (κ1) is 6.96. The molecule has 1 fully saturated rings. The first-order valence-corrected chi connectivity index (χ1v) is 3.39. The Labute approximate surface area is 54.8 Å². The molecule has 1 atom stereocenters. The van der Waals surface area contributed by atoms with Crippen LogP contribution in [0.3, 0.4) is 0 Å². The summed E-state index contributed by atoms with van der Waals surface area (Å²) >= 11 is 0. The second-order valence-electron chi connectivity index (χ2n) is 2.49. The lowest BCUT2D eigenvalue weighted by Crippen LogP contribution is -2.42. The van der Waals surface area contributed by atoms with Gasteiger partial charge in [0.1, 0.15) is 6.17 Å². The third kappa shape index (κ3) is 1.91. The molecule has 1 aliphatic heterocycles. The van der Waals surface area contributed by atoms with Crippen molar-refractivity contribution in [2.45, 2.75) is 12.6 Å². The summed E-state index contributed by atoms with van der Waals surface area (Å²) in [4.78, 5) is 2.08. The van der Waals surface area contributed by atoms with Crippen LogP contribution in [0.4, 0.5) is 4.39 Å². The molecule has 0 aliphatic carbocycles. The lowest BCUT2D eigenvalue weighted by atomic mass is 10.2. The van der Waals surface area contributed by atoms with Crippen LogP contribution in [0.2, 0.25) is 0 Å². The van der Waals surface area contributed by atoms with Crippen molar-refractivity contribution in [2.24, 2.45) is 5.73 Å². The topological polar surface area (TPSA) is 29.3 Å². The minimum Gasteiger partial charge on any atom is -0.328 e. The summed E-state index contributed by atoms with van der Waals surface area (Å²) in [6.07, 6.45) is 0.405. The molecular formula is C6H13FN2. The second kappa shape index (κ2) is 3.13. The lowest BCUT2D eigenvalue weighted by Gasteiger charge is -2.31. The number of likely N-dealkylation sites (tertiary alicyclic amines) is 1. The second-order valence-corrected chi connectivity index (χ2v) is 2.49. The average molecular weight is 132 g/mol. The van der Waals surface area contributed by atoms with Crippen molar-refractivity contribution in [3.8, 4) is 0 Å². The van der Waals surface area contributed by atoms with Crippen LogP contribution in [0, 0.1) is 0 Å². The van der Waals surface area contributed by atoms with Gasteiger partial charge in [0.25, 0.3) is 0 Å². The first-order chi connectivity index (χ1) is 4.33. The van der Waals surface area contributed by atoms with Crippen LogP contribution in [0.1, 0.15) is 6.42 Å². The third-order valence-corrected chi connectivity index (χ3v) is 1.66. The predicted octanol–water partition coefficient (Wildman–Crippen LogP) is -0.0111. The van der Waals surface area contributed by atoms with Crippen molar-refractivity contribution in [3.05, 3.63) is 0 Å². The maximum absolute atomic E-state index is 12.4. The molecule has 0 bridgehead atoms. The highest BCUT2D eigenvalue weighted by atomic mass is 19.1. The molecule has 0 spiro atoms. The van der Waals surface area contributed by atoms with Crippen LogP contribution in [-0.4, -0.2) is 37.3 Å². The fraction of sp³-hybridized carbons (Fsp3) is 1.00. The van der Waals surface area contributed by atoms with Crippen LogP contribution in [0.15, 0.2) is 0 Å². The number of hydrogen-bond donors (Lipinski definition) is 1. The van der Waals surface area contributed by atoms with Gasteiger partial charge < -0.3 is 10.6 Å². The van der Waals surface area contributed by atoms with Gasteiger partial charge in [-0.1, -0.05) is 0 Å². The number of nitrogens with zero attached hydrogens (tertiary/aromatic N) is 1. The van der Waals surface area contributed by atoms with E-state index in [4.69, 9.17) is 5.73 Å². The Hall–Kier alpha value is -0.150. The molecule has 3 heteroatoms. The van der Waals surface area contributed by atoms with E-state index < -0.39 is 6.17 Å². The van der Waals surface area contributed by atoms with Gasteiger partial charge in [0, 0.05) is 13.1 Å². The lowest BCUT2D eigenvalue weighted by molar-refractivity contribution is 0.133. The summed E-state index contributed by atoms with van der Waals surface area (Å²) in [5, 5.41) is 0. The first-order valence-electron chi connectivity index (χ1n) is 3.39. The van der Waals surface area contributed by atoms with Crippen molar-refractivity contribution < 1.29 is 4.39 Å². The van der Waals surface area contributed by atoms with Crippen molar-refractivity contribution in [3.63, 3.8) is 0 Å². The highest BCUT2D eigenvalue weighted by Gasteiger charge is 2.16. The van der Waals surface area contributed by atoms with Crippen LogP contribution in [0.5, 0.6) is 0 Å². The minimum absolute atomic E-state index is 0.163. The molecule has 9 heavy (non-hydrogen) atoms. The molecule has 0 amide bonds. The van der Waals surface area contributed by atoms with Gasteiger partial charge >= 0.3 is 0 Å². The molecule has 0 aromatic carbocycles. The van der Waals surface area contributed by atoms with Gasteiger partial charge in [-0.25, -0.2) is 4.39 Å². The number of alkyl halides is 1. The van der Waals surface area contributed by atoms with Gasteiger partial charge in [0.2, 0.25) is 0 Å². The highest BCUT2D eigenvalue weighted by molar-refractivity contribution is 4.72. The van der Waals surface area contributed by atoms with Gasteiger partial charge in [0.05, 0.1) is 0 Å². The summed E-state index contributed by atoms with van der Waals surface area (Å²) in [6, 6.07) is 0. The zero-order chi connectivity index (χ0) is 6.69. The highest BCUT2D eigenvalue weighted by Crippen LogP contribution is 2.06. The molecule has 2 nitrogen and oxygen atoms in total. The molecule has 0 aromatic heterocycles. The Morgan fingerprint density at radius 1 is 1.56 bits per heavy atom. The number of hydrogen-bond acceptors (Lipinski definition) is 2. The van der Waals surface area contributed by atoms with Gasteiger partial charge in [-0.3, -0.25) is 0 Å². The van der Waals surface area contributed by atoms with Crippen LogP contribution >= 0.6 is 0 Å². The van der Waals surface area contributed by atoms with Gasteiger partial charge in [0.15, 0.2) is 0 Å². The predicted molar refractivity (Wildman–Crippen MR) is 35.0 cm³/mol. The van der Waals surface area contributed by atoms with E-state index in [9.17, 15) is 4.39 Å². The van der Waals surface area contributed by atoms with Crippen molar-refractivity contribution >= 4 is 0 Å². The van der Waals surface area contributed by atoms with E-state index in [2.05, 4.69) is 4.90 Å². The largest absolute Gasteiger partial charge is 0.328 e. The van der Waals surface area contributed by atoms with E-state index in [1.54, 1.807) is 0 Å². The van der Waals surface area contributed by atoms with E-state index in [1.807, 2.05) is 0 Å². The summed E-state index contributed by atoms with van der Waals surface area (Å²) in [6.45, 7) is 2.81. The normalized spacial score (nSPS) is 23.3. The SMILES string of the molecule is NCC(F)CN1CCC1. The number of nitrogens with two attached hydrogens (primary N) is 1. The van der Waals surface area contributed by atoms with Gasteiger partial charge in [-0.2, -0.15) is 0 Å². The molecule has 0 saturated carbocycles. The van der Waals surface area contributed by atoms with Gasteiger partial charge in [-0.05, 0) is 19.5 Å². The molecule has 1 rings (SSSR count). The molecule has 0 radical (unpaired) electrons. The molecule has 1 aliphatic rings. The Balaban J connectivity index is 2.01. The number of halogens is 1. The summed E-state index contributed by atoms with van der Waals surface area (Å²) in [7, 11) is 0. The Morgan fingerprint density at radius 2 is 2.22 bits per heavy atom. The monoisotopic (exact) mass is 132 g/mol. The quantitative estimate of drug-likeness (QED) is 0.585. The maximum Gasteiger partial charge on any atom is 0.125 e. The third-order valence-electron chi connectivity index (χ3n) is 1.66. The van der Waals surface area contributed by atoms with Crippen molar-refractivity contribution in [2.75, 3.05) is 26.2 Å². The summed E-state index contributed by atoms with van der Waals surface area (Å²) in [5.74, 6) is 0. The van der Waals surface area contributed by atoms with E-state index >= 15 is 0 Å². The van der Waals surface area contributed by atoms with Crippen LogP contribution in [-0.2, 0) is 0 Å². The molecular weight excluding hydrogens is 119 g/mol. The minimum atomic E-state index is -0.815. The average Bonchev–Trinajstić information content (AvgIpc) is 1.78. The smallest absolute Gasteiger partial charge is 0.125 e. The Bertz CT molecular complexity index is 80.4. The fourth-order valence-electron chi connectivity index (χ4n) is 0.919. The number of rotatable bonds is 3. The summed E-state index contributed by atoms with van der Waals surface area (Å²) in [5.41, 5.74) is 5.10. The van der Waals surface area contributed by atoms with Crippen molar-refractivity contribution in [1.82, 2.24) is 4.90 Å². The van der Waals surface area contributed by atoms with Crippen LogP contribution in [0.25, 0.3) is 0 Å². The zero-order valence-corrected chi connectivity index (χ0v) is 5.52. The summed E-state index contributed by atoms with van der Waals surface area (Å²) < 4.78 is 12.4. The molecule has 2 N–H and O–H groups in total. The molecule has 1 saturated heterocycles. The molecule has 54 valence electrons. The van der Waals surface area contributed by atoms with E-state index in [1.165, 1.54) is 6.42 Å². The van der Waals surface area contributed by atoms with E-state index in [-0.39, 0.29) is 6.54 Å². The van der Waals surface area contributed by atoms with E-state index in [0.717, 1.165) is 13.1 Å². The molecule has 1 unspecified atom stereocenters. The Morgan fingerprint density at radius 3 is 2.56 bits per heavy atom. The molecule has 1 heterocycles. The van der Waals surface area contributed by atoms with E-state index in [0.29, 0.717) is 6.54 Å². The van der Waals surface area contributed by atoms with Gasteiger partial charge in [-0.15, -0.1) is 0 Å². The fourth-order valence-corrected chi connectivity index (χ4v) is 0.919. The Kier molecular flexibility index (Phi) is 2.42. The standard InChI is InChI=1S/C6H13FN2/c7-6(4-8)5-9-2-1-3-9/h6H,1-5,8H2. The van der Waals surface area contributed by atoms with Crippen LogP contribution < -0.4 is 5.73 Å². The molecule has 0 aromatic rings. The zero-order valence-electron chi connectivity index (χ0n) is 5.52. The van der Waals surface area contributed by atoms with Crippen molar-refractivity contribution in [1.29, 1.82) is 0 Å². The maximum atomic E-state index is 12.4.